The van der Waals surface area contributed by atoms with Crippen LogP contribution < -0.4 is 10.6 Å². The van der Waals surface area contributed by atoms with E-state index in [0.717, 1.165) is 24.2 Å². The van der Waals surface area contributed by atoms with E-state index >= 15 is 0 Å². The van der Waals surface area contributed by atoms with Crippen LogP contribution in [0.15, 0.2) is 24.3 Å². The fraction of sp³-hybridized carbons (Fsp3) is 0.375. The van der Waals surface area contributed by atoms with Crippen LogP contribution in [0.4, 0.5) is 10.1 Å². The number of aryl methyl sites for hydroxylation is 2. The SMILES string of the molecule is Cc1cc(C)n(-c2ccc(NCC(=O)NC3CC3)cc2F)n1. The van der Waals surface area contributed by atoms with Crippen LogP contribution in [0.25, 0.3) is 5.69 Å². The Balaban J connectivity index is 1.69. The van der Waals surface area contributed by atoms with Gasteiger partial charge in [-0.1, -0.05) is 0 Å². The summed E-state index contributed by atoms with van der Waals surface area (Å²) >= 11 is 0. The minimum absolute atomic E-state index is 0.0643. The Morgan fingerprint density at radius 3 is 2.73 bits per heavy atom. The molecular formula is C16H19FN4O. The third kappa shape index (κ3) is 3.27. The Kier molecular flexibility index (Phi) is 3.83. The standard InChI is InChI=1S/C16H19FN4O/c1-10-7-11(2)21(20-10)15-6-5-13(8-14(15)17)18-9-16(22)19-12-3-4-12/h5-8,12,18H,3-4,9H2,1-2H3,(H,19,22). The van der Waals surface area contributed by atoms with Gasteiger partial charge in [0.2, 0.25) is 5.91 Å². The van der Waals surface area contributed by atoms with E-state index in [2.05, 4.69) is 15.7 Å². The molecule has 0 saturated heterocycles. The summed E-state index contributed by atoms with van der Waals surface area (Å²) in [5.41, 5.74) is 2.70. The number of amides is 1. The molecule has 1 saturated carbocycles. The molecule has 2 N–H and O–H groups in total. The first-order valence-electron chi connectivity index (χ1n) is 7.39. The van der Waals surface area contributed by atoms with Gasteiger partial charge in [0.15, 0.2) is 5.82 Å². The molecule has 6 heteroatoms. The number of rotatable bonds is 5. The molecule has 0 bridgehead atoms. The smallest absolute Gasteiger partial charge is 0.239 e. The molecule has 2 aromatic rings. The molecule has 0 spiro atoms. The lowest BCUT2D eigenvalue weighted by molar-refractivity contribution is -0.119. The zero-order chi connectivity index (χ0) is 15.7. The first kappa shape index (κ1) is 14.6. The zero-order valence-corrected chi connectivity index (χ0v) is 12.7. The second-order valence-electron chi connectivity index (χ2n) is 5.70. The maximum Gasteiger partial charge on any atom is 0.239 e. The second-order valence-corrected chi connectivity index (χ2v) is 5.70. The molecular weight excluding hydrogens is 283 g/mol. The molecule has 1 aliphatic carbocycles. The number of carbonyl (C=O) groups is 1. The number of hydrogen-bond acceptors (Lipinski definition) is 3. The number of carbonyl (C=O) groups excluding carboxylic acids is 1. The van der Waals surface area contributed by atoms with Crippen molar-refractivity contribution in [3.63, 3.8) is 0 Å². The van der Waals surface area contributed by atoms with E-state index in [4.69, 9.17) is 0 Å². The number of aromatic nitrogens is 2. The molecule has 116 valence electrons. The van der Waals surface area contributed by atoms with Crippen LogP contribution in [0.5, 0.6) is 0 Å². The molecule has 1 heterocycles. The van der Waals surface area contributed by atoms with Gasteiger partial charge in [-0.15, -0.1) is 0 Å². The Labute approximate surface area is 128 Å². The minimum Gasteiger partial charge on any atom is -0.376 e. The van der Waals surface area contributed by atoms with E-state index in [9.17, 15) is 9.18 Å². The molecule has 1 fully saturated rings. The van der Waals surface area contributed by atoms with E-state index in [1.54, 1.807) is 16.8 Å². The van der Waals surface area contributed by atoms with E-state index in [1.807, 2.05) is 19.9 Å². The van der Waals surface area contributed by atoms with Crippen molar-refractivity contribution in [3.8, 4) is 5.69 Å². The molecule has 1 aliphatic rings. The van der Waals surface area contributed by atoms with E-state index in [-0.39, 0.29) is 18.3 Å². The van der Waals surface area contributed by atoms with Crippen molar-refractivity contribution < 1.29 is 9.18 Å². The van der Waals surface area contributed by atoms with Crippen molar-refractivity contribution in [2.45, 2.75) is 32.7 Å². The minimum atomic E-state index is -0.376. The van der Waals surface area contributed by atoms with Gasteiger partial charge in [-0.2, -0.15) is 5.10 Å². The molecule has 0 aliphatic heterocycles. The highest BCUT2D eigenvalue weighted by molar-refractivity contribution is 5.81. The van der Waals surface area contributed by atoms with Gasteiger partial charge in [0.05, 0.1) is 12.2 Å². The summed E-state index contributed by atoms with van der Waals surface area (Å²) < 4.78 is 15.8. The third-order valence-corrected chi connectivity index (χ3v) is 3.58. The van der Waals surface area contributed by atoms with E-state index in [1.165, 1.54) is 6.07 Å². The van der Waals surface area contributed by atoms with E-state index in [0.29, 0.717) is 17.4 Å². The summed E-state index contributed by atoms with van der Waals surface area (Å²) in [5, 5.41) is 10.1. The first-order chi connectivity index (χ1) is 10.5. The largest absolute Gasteiger partial charge is 0.376 e. The molecule has 1 aromatic carbocycles. The predicted octanol–water partition coefficient (Wildman–Crippen LogP) is 2.32. The number of benzene rings is 1. The number of halogens is 1. The lowest BCUT2D eigenvalue weighted by Gasteiger charge is -2.10. The lowest BCUT2D eigenvalue weighted by atomic mass is 10.2. The summed E-state index contributed by atoms with van der Waals surface area (Å²) in [5.74, 6) is -0.440. The maximum atomic E-state index is 14.3. The maximum absolute atomic E-state index is 14.3. The van der Waals surface area contributed by atoms with Gasteiger partial charge < -0.3 is 10.6 Å². The van der Waals surface area contributed by atoms with Crippen LogP contribution in [-0.4, -0.2) is 28.3 Å². The Hall–Kier alpha value is -2.37. The highest BCUT2D eigenvalue weighted by Gasteiger charge is 2.22. The molecule has 1 amide bonds. The van der Waals surface area contributed by atoms with Crippen LogP contribution >= 0.6 is 0 Å². The zero-order valence-electron chi connectivity index (χ0n) is 12.7. The Morgan fingerprint density at radius 1 is 1.36 bits per heavy atom. The second kappa shape index (κ2) is 5.79. The van der Waals surface area contributed by atoms with Gasteiger partial charge in [0.1, 0.15) is 5.69 Å². The van der Waals surface area contributed by atoms with Crippen LogP contribution in [0, 0.1) is 19.7 Å². The van der Waals surface area contributed by atoms with Crippen molar-refractivity contribution in [3.05, 3.63) is 41.5 Å². The number of anilines is 1. The Morgan fingerprint density at radius 2 is 2.14 bits per heavy atom. The van der Waals surface area contributed by atoms with Crippen molar-refractivity contribution in [1.29, 1.82) is 0 Å². The predicted molar refractivity (Wildman–Crippen MR) is 82.7 cm³/mol. The highest BCUT2D eigenvalue weighted by atomic mass is 19.1. The third-order valence-electron chi connectivity index (χ3n) is 3.58. The quantitative estimate of drug-likeness (QED) is 0.891. The van der Waals surface area contributed by atoms with E-state index < -0.39 is 0 Å². The number of hydrogen-bond donors (Lipinski definition) is 2. The van der Waals surface area contributed by atoms with Gasteiger partial charge in [-0.3, -0.25) is 4.79 Å². The topological polar surface area (TPSA) is 59.0 Å². The van der Waals surface area contributed by atoms with Gasteiger partial charge in [-0.05, 0) is 51.0 Å². The van der Waals surface area contributed by atoms with Crippen molar-refractivity contribution >= 4 is 11.6 Å². The van der Waals surface area contributed by atoms with Gasteiger partial charge in [0.25, 0.3) is 0 Å². The fourth-order valence-electron chi connectivity index (χ4n) is 2.35. The lowest BCUT2D eigenvalue weighted by Crippen LogP contribution is -2.31. The Bertz CT molecular complexity index is 706. The van der Waals surface area contributed by atoms with Crippen molar-refractivity contribution in [2.24, 2.45) is 0 Å². The number of nitrogens with one attached hydrogen (secondary N) is 2. The van der Waals surface area contributed by atoms with Crippen LogP contribution in [-0.2, 0) is 4.79 Å². The normalized spacial score (nSPS) is 14.0. The van der Waals surface area contributed by atoms with Crippen LogP contribution in [0.2, 0.25) is 0 Å². The molecule has 0 atom stereocenters. The summed E-state index contributed by atoms with van der Waals surface area (Å²) in [4.78, 5) is 11.6. The first-order valence-corrected chi connectivity index (χ1v) is 7.39. The van der Waals surface area contributed by atoms with Crippen LogP contribution in [0.3, 0.4) is 0 Å². The molecule has 1 aromatic heterocycles. The summed E-state index contributed by atoms with van der Waals surface area (Å²) in [6.45, 7) is 3.90. The van der Waals surface area contributed by atoms with Crippen molar-refractivity contribution in [2.75, 3.05) is 11.9 Å². The van der Waals surface area contributed by atoms with Gasteiger partial charge >= 0.3 is 0 Å². The monoisotopic (exact) mass is 302 g/mol. The fourth-order valence-corrected chi connectivity index (χ4v) is 2.35. The van der Waals surface area contributed by atoms with Gasteiger partial charge in [-0.25, -0.2) is 9.07 Å². The van der Waals surface area contributed by atoms with Gasteiger partial charge in [0, 0.05) is 17.4 Å². The van der Waals surface area contributed by atoms with Crippen LogP contribution in [0.1, 0.15) is 24.2 Å². The molecule has 5 nitrogen and oxygen atoms in total. The summed E-state index contributed by atoms with van der Waals surface area (Å²) in [6, 6.07) is 7.03. The highest BCUT2D eigenvalue weighted by Crippen LogP contribution is 2.20. The average molecular weight is 302 g/mol. The number of nitrogens with zero attached hydrogens (tertiary/aromatic N) is 2. The average Bonchev–Trinajstić information content (AvgIpc) is 3.20. The summed E-state index contributed by atoms with van der Waals surface area (Å²) in [6.07, 6.45) is 2.11. The molecule has 22 heavy (non-hydrogen) atoms. The summed E-state index contributed by atoms with van der Waals surface area (Å²) in [7, 11) is 0. The molecule has 0 radical (unpaired) electrons. The molecule has 0 unspecified atom stereocenters. The van der Waals surface area contributed by atoms with Crippen molar-refractivity contribution in [1.82, 2.24) is 15.1 Å². The molecule has 3 rings (SSSR count).